The van der Waals surface area contributed by atoms with Crippen molar-refractivity contribution in [3.8, 4) is 23.1 Å². The van der Waals surface area contributed by atoms with Gasteiger partial charge in [-0.2, -0.15) is 4.98 Å². The SMILES string of the molecule is COc1cc(NC(=O)CCc2nc(-c3ccco3)no2)cc(OC)c1. The lowest BCUT2D eigenvalue weighted by molar-refractivity contribution is -0.116. The third-order valence-corrected chi connectivity index (χ3v) is 3.41. The first-order chi connectivity index (χ1) is 12.2. The monoisotopic (exact) mass is 343 g/mol. The van der Waals surface area contributed by atoms with Crippen molar-refractivity contribution in [2.45, 2.75) is 12.8 Å². The molecule has 3 aromatic rings. The first kappa shape index (κ1) is 16.6. The van der Waals surface area contributed by atoms with Gasteiger partial charge in [0.25, 0.3) is 0 Å². The summed E-state index contributed by atoms with van der Waals surface area (Å²) in [6.45, 7) is 0. The Morgan fingerprint density at radius 2 is 1.96 bits per heavy atom. The summed E-state index contributed by atoms with van der Waals surface area (Å²) in [5, 5.41) is 6.61. The molecule has 2 aromatic heterocycles. The molecule has 8 heteroatoms. The Bertz CT molecular complexity index is 820. The van der Waals surface area contributed by atoms with E-state index in [1.54, 1.807) is 44.6 Å². The molecule has 0 fully saturated rings. The summed E-state index contributed by atoms with van der Waals surface area (Å²) in [5.74, 6) is 2.24. The molecule has 0 atom stereocenters. The van der Waals surface area contributed by atoms with Crippen LogP contribution in [0.1, 0.15) is 12.3 Å². The summed E-state index contributed by atoms with van der Waals surface area (Å²) in [6.07, 6.45) is 2.04. The van der Waals surface area contributed by atoms with Gasteiger partial charge in [-0.3, -0.25) is 4.79 Å². The first-order valence-corrected chi connectivity index (χ1v) is 7.57. The average molecular weight is 343 g/mol. The predicted molar refractivity (Wildman–Crippen MR) is 88.5 cm³/mol. The number of hydrogen-bond donors (Lipinski definition) is 1. The minimum Gasteiger partial charge on any atom is -0.497 e. The van der Waals surface area contributed by atoms with E-state index < -0.39 is 0 Å². The molecule has 0 saturated heterocycles. The van der Waals surface area contributed by atoms with Crippen molar-refractivity contribution in [3.63, 3.8) is 0 Å². The third-order valence-electron chi connectivity index (χ3n) is 3.41. The van der Waals surface area contributed by atoms with Gasteiger partial charge in [0.15, 0.2) is 5.76 Å². The van der Waals surface area contributed by atoms with Crippen LogP contribution in [0, 0.1) is 0 Å². The zero-order valence-electron chi connectivity index (χ0n) is 13.8. The molecule has 0 saturated carbocycles. The Labute approximate surface area is 143 Å². The number of anilines is 1. The Morgan fingerprint density at radius 1 is 1.20 bits per heavy atom. The highest BCUT2D eigenvalue weighted by Crippen LogP contribution is 2.26. The Morgan fingerprint density at radius 3 is 2.60 bits per heavy atom. The van der Waals surface area contributed by atoms with Crippen LogP contribution < -0.4 is 14.8 Å². The van der Waals surface area contributed by atoms with Gasteiger partial charge in [0.2, 0.25) is 17.6 Å². The number of benzene rings is 1. The second-order valence-electron chi connectivity index (χ2n) is 5.14. The molecule has 0 aliphatic heterocycles. The zero-order valence-corrected chi connectivity index (χ0v) is 13.8. The van der Waals surface area contributed by atoms with Crippen LogP contribution in [0.25, 0.3) is 11.6 Å². The fraction of sp³-hybridized carbons (Fsp3) is 0.235. The number of nitrogens with one attached hydrogen (secondary N) is 1. The molecule has 0 unspecified atom stereocenters. The van der Waals surface area contributed by atoms with Gasteiger partial charge in [0.1, 0.15) is 11.5 Å². The van der Waals surface area contributed by atoms with E-state index in [2.05, 4.69) is 15.5 Å². The van der Waals surface area contributed by atoms with Crippen LogP contribution in [0.5, 0.6) is 11.5 Å². The number of aryl methyl sites for hydroxylation is 1. The topological polar surface area (TPSA) is 99.6 Å². The molecular weight excluding hydrogens is 326 g/mol. The maximum atomic E-state index is 12.1. The maximum Gasteiger partial charge on any atom is 0.238 e. The number of nitrogens with zero attached hydrogens (tertiary/aromatic N) is 2. The first-order valence-electron chi connectivity index (χ1n) is 7.57. The van der Waals surface area contributed by atoms with Crippen molar-refractivity contribution >= 4 is 11.6 Å². The number of carbonyl (C=O) groups is 1. The number of ether oxygens (including phenoxy) is 2. The molecule has 0 bridgehead atoms. The molecular formula is C17H17N3O5. The minimum atomic E-state index is -0.187. The second kappa shape index (κ2) is 7.52. The summed E-state index contributed by atoms with van der Waals surface area (Å²) in [4.78, 5) is 16.3. The maximum absolute atomic E-state index is 12.1. The second-order valence-corrected chi connectivity index (χ2v) is 5.14. The number of methoxy groups -OCH3 is 2. The van der Waals surface area contributed by atoms with Crippen LogP contribution in [0.4, 0.5) is 5.69 Å². The number of hydrogen-bond acceptors (Lipinski definition) is 7. The fourth-order valence-corrected chi connectivity index (χ4v) is 2.19. The van der Waals surface area contributed by atoms with E-state index in [0.717, 1.165) is 0 Å². The van der Waals surface area contributed by atoms with Crippen LogP contribution in [-0.2, 0) is 11.2 Å². The van der Waals surface area contributed by atoms with Gasteiger partial charge in [-0.25, -0.2) is 0 Å². The van der Waals surface area contributed by atoms with E-state index in [1.165, 1.54) is 6.26 Å². The summed E-state index contributed by atoms with van der Waals surface area (Å²) in [6, 6.07) is 8.62. The van der Waals surface area contributed by atoms with Crippen molar-refractivity contribution in [3.05, 3.63) is 42.5 Å². The molecule has 0 radical (unpaired) electrons. The molecule has 130 valence electrons. The molecule has 25 heavy (non-hydrogen) atoms. The molecule has 1 amide bonds. The summed E-state index contributed by atoms with van der Waals surface area (Å²) < 4.78 is 20.7. The molecule has 0 aliphatic carbocycles. The van der Waals surface area contributed by atoms with Crippen molar-refractivity contribution in [2.75, 3.05) is 19.5 Å². The van der Waals surface area contributed by atoms with E-state index in [0.29, 0.717) is 41.1 Å². The van der Waals surface area contributed by atoms with Gasteiger partial charge < -0.3 is 23.7 Å². The van der Waals surface area contributed by atoms with Gasteiger partial charge >= 0.3 is 0 Å². The molecule has 0 aliphatic rings. The van der Waals surface area contributed by atoms with E-state index in [9.17, 15) is 4.79 Å². The van der Waals surface area contributed by atoms with Crippen LogP contribution in [-0.4, -0.2) is 30.3 Å². The van der Waals surface area contributed by atoms with Gasteiger partial charge in [0, 0.05) is 36.7 Å². The smallest absolute Gasteiger partial charge is 0.238 e. The van der Waals surface area contributed by atoms with Crippen LogP contribution >= 0.6 is 0 Å². The van der Waals surface area contributed by atoms with Crippen LogP contribution in [0.2, 0.25) is 0 Å². The van der Waals surface area contributed by atoms with E-state index >= 15 is 0 Å². The average Bonchev–Trinajstić information content (AvgIpc) is 3.30. The highest BCUT2D eigenvalue weighted by Gasteiger charge is 2.13. The Kier molecular flexibility index (Phi) is 4.98. The predicted octanol–water partition coefficient (Wildman–Crippen LogP) is 2.92. The molecule has 3 rings (SSSR count). The lowest BCUT2D eigenvalue weighted by Crippen LogP contribution is -2.12. The lowest BCUT2D eigenvalue weighted by atomic mass is 10.2. The van der Waals surface area contributed by atoms with Crippen molar-refractivity contribution < 1.29 is 23.2 Å². The van der Waals surface area contributed by atoms with Gasteiger partial charge in [-0.15, -0.1) is 0 Å². The van der Waals surface area contributed by atoms with Gasteiger partial charge in [0.05, 0.1) is 20.5 Å². The Hall–Kier alpha value is -3.29. The standard InChI is InChI=1S/C17H17N3O5/c1-22-12-8-11(9-13(10-12)23-2)18-15(21)5-6-16-19-17(20-25-16)14-4-3-7-24-14/h3-4,7-10H,5-6H2,1-2H3,(H,18,21). The fourth-order valence-electron chi connectivity index (χ4n) is 2.19. The van der Waals surface area contributed by atoms with Gasteiger partial charge in [-0.05, 0) is 12.1 Å². The summed E-state index contributed by atoms with van der Waals surface area (Å²) in [5.41, 5.74) is 0.586. The minimum absolute atomic E-state index is 0.187. The molecule has 0 spiro atoms. The van der Waals surface area contributed by atoms with Crippen molar-refractivity contribution in [1.82, 2.24) is 10.1 Å². The van der Waals surface area contributed by atoms with Gasteiger partial charge in [-0.1, -0.05) is 5.16 Å². The van der Waals surface area contributed by atoms with E-state index in [4.69, 9.17) is 18.4 Å². The largest absolute Gasteiger partial charge is 0.497 e. The van der Waals surface area contributed by atoms with Crippen LogP contribution in [0.3, 0.4) is 0 Å². The van der Waals surface area contributed by atoms with E-state index in [1.807, 2.05) is 0 Å². The Balaban J connectivity index is 1.58. The number of aromatic nitrogens is 2. The quantitative estimate of drug-likeness (QED) is 0.704. The molecule has 1 N–H and O–H groups in total. The molecule has 8 nitrogen and oxygen atoms in total. The number of carbonyl (C=O) groups excluding carboxylic acids is 1. The molecule has 1 aromatic carbocycles. The summed E-state index contributed by atoms with van der Waals surface area (Å²) >= 11 is 0. The number of amides is 1. The van der Waals surface area contributed by atoms with E-state index in [-0.39, 0.29) is 12.3 Å². The van der Waals surface area contributed by atoms with Crippen LogP contribution in [0.15, 0.2) is 45.5 Å². The summed E-state index contributed by atoms with van der Waals surface area (Å²) in [7, 11) is 3.10. The van der Waals surface area contributed by atoms with Crippen molar-refractivity contribution in [2.24, 2.45) is 0 Å². The van der Waals surface area contributed by atoms with Crippen molar-refractivity contribution in [1.29, 1.82) is 0 Å². The highest BCUT2D eigenvalue weighted by molar-refractivity contribution is 5.91. The normalized spacial score (nSPS) is 10.5. The lowest BCUT2D eigenvalue weighted by Gasteiger charge is -2.09. The zero-order chi connectivity index (χ0) is 17.6. The number of furan rings is 1. The third kappa shape index (κ3) is 4.17. The number of rotatable bonds is 7. The highest BCUT2D eigenvalue weighted by atomic mass is 16.5. The molecule has 2 heterocycles.